The van der Waals surface area contributed by atoms with Crippen LogP contribution in [-0.2, 0) is 9.59 Å². The lowest BCUT2D eigenvalue weighted by Gasteiger charge is -2.18. The highest BCUT2D eigenvalue weighted by atomic mass is 16.5. The van der Waals surface area contributed by atoms with Gasteiger partial charge in [-0.05, 0) is 19.1 Å². The standard InChI is InChI=1S/C19H18N2O4/c1-12-2-4-13(5-3-12)16(22)8-9-18(23)20-14-6-7-15-17(10-14)25-11-19(24)21-15/h2-7,10H,8-9,11H2,1H3,(H,20,23)(H,21,24). The van der Waals surface area contributed by atoms with Crippen LogP contribution in [0.5, 0.6) is 5.75 Å². The van der Waals surface area contributed by atoms with Crippen molar-refractivity contribution >= 4 is 29.0 Å². The van der Waals surface area contributed by atoms with Crippen LogP contribution < -0.4 is 15.4 Å². The summed E-state index contributed by atoms with van der Waals surface area (Å²) in [6.45, 7) is 1.91. The molecular weight excluding hydrogens is 320 g/mol. The fraction of sp³-hybridized carbons (Fsp3) is 0.211. The Balaban J connectivity index is 1.55. The lowest BCUT2D eigenvalue weighted by atomic mass is 10.0. The van der Waals surface area contributed by atoms with E-state index in [-0.39, 0.29) is 37.0 Å². The average Bonchev–Trinajstić information content (AvgIpc) is 2.60. The smallest absolute Gasteiger partial charge is 0.262 e. The van der Waals surface area contributed by atoms with Gasteiger partial charge >= 0.3 is 0 Å². The molecule has 0 saturated carbocycles. The van der Waals surface area contributed by atoms with Gasteiger partial charge in [-0.2, -0.15) is 0 Å². The Bertz CT molecular complexity index is 828. The Hall–Kier alpha value is -3.15. The molecule has 1 aliphatic rings. The van der Waals surface area contributed by atoms with Gasteiger partial charge in [-0.15, -0.1) is 0 Å². The van der Waals surface area contributed by atoms with Gasteiger partial charge in [0.05, 0.1) is 5.69 Å². The second-order valence-electron chi connectivity index (χ2n) is 5.89. The fourth-order valence-electron chi connectivity index (χ4n) is 2.49. The number of nitrogens with one attached hydrogen (secondary N) is 2. The molecule has 0 unspecified atom stereocenters. The first-order chi connectivity index (χ1) is 12.0. The summed E-state index contributed by atoms with van der Waals surface area (Å²) in [6, 6.07) is 12.3. The van der Waals surface area contributed by atoms with Gasteiger partial charge in [0.25, 0.3) is 5.91 Å². The van der Waals surface area contributed by atoms with Crippen molar-refractivity contribution in [2.45, 2.75) is 19.8 Å². The van der Waals surface area contributed by atoms with Crippen molar-refractivity contribution in [1.82, 2.24) is 0 Å². The summed E-state index contributed by atoms with van der Waals surface area (Å²) >= 11 is 0. The molecule has 2 aromatic carbocycles. The SMILES string of the molecule is Cc1ccc(C(=O)CCC(=O)Nc2ccc3c(c2)OCC(=O)N3)cc1. The molecular formula is C19H18N2O4. The van der Waals surface area contributed by atoms with Gasteiger partial charge in [-0.25, -0.2) is 0 Å². The molecule has 0 aromatic heterocycles. The number of carbonyl (C=O) groups is 3. The molecule has 3 rings (SSSR count). The topological polar surface area (TPSA) is 84.5 Å². The Morgan fingerprint density at radius 2 is 1.88 bits per heavy atom. The third kappa shape index (κ3) is 4.23. The Morgan fingerprint density at radius 1 is 1.12 bits per heavy atom. The van der Waals surface area contributed by atoms with Crippen LogP contribution in [0.25, 0.3) is 0 Å². The summed E-state index contributed by atoms with van der Waals surface area (Å²) in [5.41, 5.74) is 2.82. The summed E-state index contributed by atoms with van der Waals surface area (Å²) in [5, 5.41) is 5.42. The van der Waals surface area contributed by atoms with E-state index in [1.54, 1.807) is 30.3 Å². The van der Waals surface area contributed by atoms with Crippen molar-refractivity contribution in [3.63, 3.8) is 0 Å². The number of hydrogen-bond acceptors (Lipinski definition) is 4. The molecule has 2 aromatic rings. The summed E-state index contributed by atoms with van der Waals surface area (Å²) in [6.07, 6.45) is 0.244. The minimum atomic E-state index is -0.250. The van der Waals surface area contributed by atoms with E-state index in [0.717, 1.165) is 5.56 Å². The highest BCUT2D eigenvalue weighted by Gasteiger charge is 2.16. The van der Waals surface area contributed by atoms with Gasteiger partial charge in [0.1, 0.15) is 5.75 Å². The molecule has 25 heavy (non-hydrogen) atoms. The first-order valence-corrected chi connectivity index (χ1v) is 7.98. The third-order valence-electron chi connectivity index (χ3n) is 3.85. The fourth-order valence-corrected chi connectivity index (χ4v) is 2.49. The van der Waals surface area contributed by atoms with E-state index in [4.69, 9.17) is 4.74 Å². The van der Waals surface area contributed by atoms with Crippen LogP contribution in [0.4, 0.5) is 11.4 Å². The minimum Gasteiger partial charge on any atom is -0.482 e. The number of fused-ring (bicyclic) bond motifs is 1. The highest BCUT2D eigenvalue weighted by molar-refractivity contribution is 6.00. The lowest BCUT2D eigenvalue weighted by molar-refractivity contribution is -0.118. The number of aryl methyl sites for hydroxylation is 1. The van der Waals surface area contributed by atoms with E-state index in [0.29, 0.717) is 22.7 Å². The number of ether oxygens (including phenoxy) is 1. The van der Waals surface area contributed by atoms with Gasteiger partial charge < -0.3 is 15.4 Å². The van der Waals surface area contributed by atoms with E-state index in [1.807, 2.05) is 19.1 Å². The van der Waals surface area contributed by atoms with Crippen LogP contribution in [0.2, 0.25) is 0 Å². The molecule has 1 aliphatic heterocycles. The number of Topliss-reactive ketones (excluding diaryl/α,β-unsaturated/α-hetero) is 1. The molecule has 128 valence electrons. The third-order valence-corrected chi connectivity index (χ3v) is 3.85. The number of hydrogen-bond donors (Lipinski definition) is 2. The normalized spacial score (nSPS) is 12.6. The summed E-state index contributed by atoms with van der Waals surface area (Å²) in [4.78, 5) is 35.4. The maximum absolute atomic E-state index is 12.1. The Labute approximate surface area is 145 Å². The summed E-state index contributed by atoms with van der Waals surface area (Å²) in [7, 11) is 0. The quantitative estimate of drug-likeness (QED) is 0.821. The summed E-state index contributed by atoms with van der Waals surface area (Å²) in [5.74, 6) is -0.0149. The number of benzene rings is 2. The molecule has 2 amide bonds. The number of rotatable bonds is 5. The predicted octanol–water partition coefficient (Wildman–Crippen LogP) is 2.93. The van der Waals surface area contributed by atoms with Gasteiger partial charge in [-0.1, -0.05) is 29.8 Å². The van der Waals surface area contributed by atoms with Gasteiger partial charge in [0, 0.05) is 30.2 Å². The molecule has 2 N–H and O–H groups in total. The number of ketones is 1. The maximum Gasteiger partial charge on any atom is 0.262 e. The van der Waals surface area contributed by atoms with Crippen molar-refractivity contribution < 1.29 is 19.1 Å². The highest BCUT2D eigenvalue weighted by Crippen LogP contribution is 2.30. The number of amides is 2. The van der Waals surface area contributed by atoms with Crippen LogP contribution in [-0.4, -0.2) is 24.2 Å². The van der Waals surface area contributed by atoms with Crippen LogP contribution in [0.1, 0.15) is 28.8 Å². The van der Waals surface area contributed by atoms with Crippen LogP contribution >= 0.6 is 0 Å². The molecule has 1 heterocycles. The zero-order chi connectivity index (χ0) is 17.8. The van der Waals surface area contributed by atoms with E-state index >= 15 is 0 Å². The zero-order valence-corrected chi connectivity index (χ0v) is 13.8. The monoisotopic (exact) mass is 338 g/mol. The van der Waals surface area contributed by atoms with Crippen LogP contribution in [0, 0.1) is 6.92 Å². The van der Waals surface area contributed by atoms with E-state index in [1.165, 1.54) is 0 Å². The van der Waals surface area contributed by atoms with E-state index in [9.17, 15) is 14.4 Å². The van der Waals surface area contributed by atoms with Crippen LogP contribution in [0.15, 0.2) is 42.5 Å². The van der Waals surface area contributed by atoms with Gasteiger partial charge in [0.2, 0.25) is 5.91 Å². The second-order valence-corrected chi connectivity index (χ2v) is 5.89. The van der Waals surface area contributed by atoms with E-state index < -0.39 is 0 Å². The van der Waals surface area contributed by atoms with Crippen molar-refractivity contribution in [2.24, 2.45) is 0 Å². The minimum absolute atomic E-state index is 0.0462. The van der Waals surface area contributed by atoms with Gasteiger partial charge in [0.15, 0.2) is 12.4 Å². The Kier molecular flexibility index (Phi) is 4.79. The molecule has 0 aliphatic carbocycles. The number of carbonyl (C=O) groups excluding carboxylic acids is 3. The average molecular weight is 338 g/mol. The van der Waals surface area contributed by atoms with Crippen molar-refractivity contribution in [1.29, 1.82) is 0 Å². The largest absolute Gasteiger partial charge is 0.482 e. The van der Waals surface area contributed by atoms with E-state index in [2.05, 4.69) is 10.6 Å². The molecule has 0 radical (unpaired) electrons. The van der Waals surface area contributed by atoms with Gasteiger partial charge in [-0.3, -0.25) is 14.4 Å². The first kappa shape index (κ1) is 16.7. The number of anilines is 2. The lowest BCUT2D eigenvalue weighted by Crippen LogP contribution is -2.25. The molecule has 0 bridgehead atoms. The van der Waals surface area contributed by atoms with Crippen LogP contribution in [0.3, 0.4) is 0 Å². The molecule has 0 fully saturated rings. The predicted molar refractivity (Wildman–Crippen MR) is 93.9 cm³/mol. The molecule has 6 heteroatoms. The molecule has 0 atom stereocenters. The zero-order valence-electron chi connectivity index (χ0n) is 13.8. The van der Waals surface area contributed by atoms with Crippen molar-refractivity contribution in [3.05, 3.63) is 53.6 Å². The molecule has 6 nitrogen and oxygen atoms in total. The van der Waals surface area contributed by atoms with Crippen molar-refractivity contribution in [2.75, 3.05) is 17.2 Å². The second kappa shape index (κ2) is 7.17. The van der Waals surface area contributed by atoms with Crippen molar-refractivity contribution in [3.8, 4) is 5.75 Å². The summed E-state index contributed by atoms with van der Waals surface area (Å²) < 4.78 is 5.31. The molecule has 0 spiro atoms. The molecule has 0 saturated heterocycles. The maximum atomic E-state index is 12.1. The Morgan fingerprint density at radius 3 is 2.64 bits per heavy atom. The first-order valence-electron chi connectivity index (χ1n) is 7.98.